The second-order valence-corrected chi connectivity index (χ2v) is 7.79. The van der Waals surface area contributed by atoms with E-state index in [9.17, 15) is 22.8 Å². The Balaban J connectivity index is 1.78. The third kappa shape index (κ3) is 4.84. The molecule has 2 N–H and O–H groups in total. The van der Waals surface area contributed by atoms with E-state index in [1.54, 1.807) is 43.3 Å². The summed E-state index contributed by atoms with van der Waals surface area (Å²) in [5.41, 5.74) is -1.09. The number of aromatic amines is 1. The van der Waals surface area contributed by atoms with Crippen LogP contribution in [0.25, 0.3) is 11.4 Å². The van der Waals surface area contributed by atoms with Crippen molar-refractivity contribution in [2.75, 3.05) is 0 Å². The molecule has 5 nitrogen and oxygen atoms in total. The topological polar surface area (TPSA) is 74.8 Å². The zero-order valence-corrected chi connectivity index (χ0v) is 17.2. The van der Waals surface area contributed by atoms with E-state index < -0.39 is 29.1 Å². The first-order valence-electron chi connectivity index (χ1n) is 9.64. The van der Waals surface area contributed by atoms with Gasteiger partial charge in [-0.3, -0.25) is 9.59 Å². The predicted molar refractivity (Wildman–Crippen MR) is 112 cm³/mol. The number of H-pyrrole nitrogens is 1. The summed E-state index contributed by atoms with van der Waals surface area (Å²) in [6.45, 7) is 3.94. The van der Waals surface area contributed by atoms with Crippen LogP contribution >= 0.6 is 0 Å². The number of nitrogens with zero attached hydrogens (tertiary/aromatic N) is 1. The summed E-state index contributed by atoms with van der Waals surface area (Å²) < 4.78 is 39.7. The van der Waals surface area contributed by atoms with Crippen molar-refractivity contribution in [2.24, 2.45) is 0 Å². The number of nitrogens with one attached hydrogen (secondary N) is 2. The smallest absolute Gasteiger partial charge is 0.344 e. The summed E-state index contributed by atoms with van der Waals surface area (Å²) >= 11 is 0. The fraction of sp³-hybridized carbons (Fsp3) is 0.261. The molecule has 0 aliphatic rings. The van der Waals surface area contributed by atoms with E-state index in [0.29, 0.717) is 11.1 Å². The van der Waals surface area contributed by atoms with Gasteiger partial charge < -0.3 is 10.3 Å². The van der Waals surface area contributed by atoms with Gasteiger partial charge in [0, 0.05) is 11.6 Å². The number of carbonyl (C=O) groups is 1. The maximum absolute atomic E-state index is 13.2. The van der Waals surface area contributed by atoms with Crippen LogP contribution in [0.15, 0.2) is 65.5 Å². The minimum Gasteiger partial charge on any atom is -0.344 e. The SMILES string of the molecule is CC(NC(=O)c1cc(=O)[nH]c(-c2ccccc2)n1)c1ccc(C(C)(C)C(F)(F)F)cc1. The van der Waals surface area contributed by atoms with E-state index >= 15 is 0 Å². The summed E-state index contributed by atoms with van der Waals surface area (Å²) in [6, 6.07) is 15.4. The molecule has 0 spiro atoms. The van der Waals surface area contributed by atoms with Gasteiger partial charge in [0.25, 0.3) is 11.5 Å². The van der Waals surface area contributed by atoms with Crippen LogP contribution in [-0.4, -0.2) is 22.1 Å². The Labute approximate surface area is 177 Å². The molecule has 8 heteroatoms. The molecule has 1 amide bonds. The van der Waals surface area contributed by atoms with Gasteiger partial charge in [-0.2, -0.15) is 13.2 Å². The first-order chi connectivity index (χ1) is 14.5. The summed E-state index contributed by atoms with van der Waals surface area (Å²) in [5.74, 6) is -0.292. The Hall–Kier alpha value is -3.42. The fourth-order valence-corrected chi connectivity index (χ4v) is 3.01. The van der Waals surface area contributed by atoms with Crippen LogP contribution in [0.4, 0.5) is 13.2 Å². The number of amides is 1. The van der Waals surface area contributed by atoms with E-state index in [4.69, 9.17) is 0 Å². The zero-order chi connectivity index (χ0) is 22.8. The largest absolute Gasteiger partial charge is 0.397 e. The molecule has 3 rings (SSSR count). The maximum Gasteiger partial charge on any atom is 0.397 e. The quantitative estimate of drug-likeness (QED) is 0.614. The van der Waals surface area contributed by atoms with Crippen LogP contribution < -0.4 is 10.9 Å². The fourth-order valence-electron chi connectivity index (χ4n) is 3.01. The molecule has 0 radical (unpaired) electrons. The number of alkyl halides is 3. The number of halogens is 3. The Bertz CT molecular complexity index is 1120. The highest BCUT2D eigenvalue weighted by atomic mass is 19.4. The van der Waals surface area contributed by atoms with E-state index in [2.05, 4.69) is 15.3 Å². The van der Waals surface area contributed by atoms with E-state index in [1.165, 1.54) is 12.1 Å². The standard InChI is InChI=1S/C23H22F3N3O2/c1-14(15-9-11-17(12-10-15)22(2,3)23(24,25)26)27-21(31)18-13-19(30)29-20(28-18)16-7-5-4-6-8-16/h4-14H,1-3H3,(H,27,31)(H,28,29,30). The number of hydrogen-bond donors (Lipinski definition) is 2. The number of hydrogen-bond acceptors (Lipinski definition) is 3. The van der Waals surface area contributed by atoms with Crippen molar-refractivity contribution in [1.29, 1.82) is 0 Å². The van der Waals surface area contributed by atoms with E-state index in [1.807, 2.05) is 6.07 Å². The summed E-state index contributed by atoms with van der Waals surface area (Å²) in [4.78, 5) is 31.5. The minimum atomic E-state index is -4.38. The number of benzene rings is 2. The Morgan fingerprint density at radius 1 is 1.03 bits per heavy atom. The van der Waals surface area contributed by atoms with Gasteiger partial charge in [-0.15, -0.1) is 0 Å². The lowest BCUT2D eigenvalue weighted by molar-refractivity contribution is -0.180. The highest BCUT2D eigenvalue weighted by Gasteiger charge is 2.48. The van der Waals surface area contributed by atoms with Crippen LogP contribution in [0.5, 0.6) is 0 Å². The van der Waals surface area contributed by atoms with Gasteiger partial charge in [0.15, 0.2) is 0 Å². The van der Waals surface area contributed by atoms with Crippen LogP contribution in [0.3, 0.4) is 0 Å². The van der Waals surface area contributed by atoms with Crippen molar-refractivity contribution in [3.05, 3.63) is 87.8 Å². The maximum atomic E-state index is 13.2. The third-order valence-electron chi connectivity index (χ3n) is 5.21. The van der Waals surface area contributed by atoms with Gasteiger partial charge in [-0.05, 0) is 31.9 Å². The lowest BCUT2D eigenvalue weighted by Crippen LogP contribution is -2.36. The monoisotopic (exact) mass is 429 g/mol. The predicted octanol–water partition coefficient (Wildman–Crippen LogP) is 4.77. The zero-order valence-electron chi connectivity index (χ0n) is 17.2. The molecule has 0 aliphatic carbocycles. The van der Waals surface area contributed by atoms with Crippen molar-refractivity contribution >= 4 is 5.91 Å². The molecule has 1 unspecified atom stereocenters. The average molecular weight is 429 g/mol. The molecule has 0 fully saturated rings. The minimum absolute atomic E-state index is 0.0516. The molecule has 1 aromatic heterocycles. The molecule has 3 aromatic rings. The Morgan fingerprint density at radius 3 is 2.23 bits per heavy atom. The van der Waals surface area contributed by atoms with Crippen LogP contribution in [-0.2, 0) is 5.41 Å². The van der Waals surface area contributed by atoms with Crippen molar-refractivity contribution in [1.82, 2.24) is 15.3 Å². The molecule has 0 bridgehead atoms. The van der Waals surface area contributed by atoms with Crippen LogP contribution in [0.2, 0.25) is 0 Å². The number of rotatable bonds is 5. The first kappa shape index (κ1) is 22.3. The molecule has 162 valence electrons. The molecule has 0 saturated carbocycles. The van der Waals surface area contributed by atoms with Gasteiger partial charge in [0.2, 0.25) is 0 Å². The highest BCUT2D eigenvalue weighted by Crippen LogP contribution is 2.40. The molecule has 1 atom stereocenters. The second kappa shape index (κ2) is 8.37. The molecule has 2 aromatic carbocycles. The van der Waals surface area contributed by atoms with E-state index in [0.717, 1.165) is 19.9 Å². The highest BCUT2D eigenvalue weighted by molar-refractivity contribution is 5.92. The van der Waals surface area contributed by atoms with Crippen molar-refractivity contribution in [2.45, 2.75) is 38.4 Å². The van der Waals surface area contributed by atoms with Crippen molar-refractivity contribution in [3.63, 3.8) is 0 Å². The number of carbonyl (C=O) groups excluding carboxylic acids is 1. The van der Waals surface area contributed by atoms with Gasteiger partial charge in [-0.1, -0.05) is 54.6 Å². The summed E-state index contributed by atoms with van der Waals surface area (Å²) in [6.07, 6.45) is -4.38. The first-order valence-corrected chi connectivity index (χ1v) is 9.64. The molecule has 31 heavy (non-hydrogen) atoms. The van der Waals surface area contributed by atoms with Crippen LogP contribution in [0, 0.1) is 0 Å². The van der Waals surface area contributed by atoms with E-state index in [-0.39, 0.29) is 17.1 Å². The molecular formula is C23H22F3N3O2. The van der Waals surface area contributed by atoms with Gasteiger partial charge >= 0.3 is 6.18 Å². The molecule has 0 saturated heterocycles. The molecule has 1 heterocycles. The molecular weight excluding hydrogens is 407 g/mol. The van der Waals surface area contributed by atoms with Crippen molar-refractivity contribution in [3.8, 4) is 11.4 Å². The normalized spacial score (nSPS) is 13.0. The average Bonchev–Trinajstić information content (AvgIpc) is 2.73. The molecule has 0 aliphatic heterocycles. The van der Waals surface area contributed by atoms with Gasteiger partial charge in [0.05, 0.1) is 11.5 Å². The lowest BCUT2D eigenvalue weighted by atomic mass is 9.83. The second-order valence-electron chi connectivity index (χ2n) is 7.79. The third-order valence-corrected chi connectivity index (χ3v) is 5.21. The Morgan fingerprint density at radius 2 is 1.65 bits per heavy atom. The van der Waals surface area contributed by atoms with Crippen molar-refractivity contribution < 1.29 is 18.0 Å². The van der Waals surface area contributed by atoms with Crippen LogP contribution in [0.1, 0.15) is 48.4 Å². The number of aromatic nitrogens is 2. The van der Waals surface area contributed by atoms with Gasteiger partial charge in [-0.25, -0.2) is 4.98 Å². The lowest BCUT2D eigenvalue weighted by Gasteiger charge is -2.28. The van der Waals surface area contributed by atoms with Gasteiger partial charge in [0.1, 0.15) is 11.5 Å². The summed E-state index contributed by atoms with van der Waals surface area (Å²) in [5, 5.41) is 2.73. The Kier molecular flexibility index (Phi) is 6.01. The summed E-state index contributed by atoms with van der Waals surface area (Å²) in [7, 11) is 0.